The van der Waals surface area contributed by atoms with E-state index in [1.54, 1.807) is 0 Å². The lowest BCUT2D eigenvalue weighted by molar-refractivity contribution is -0.116. The smallest absolute Gasteiger partial charge is 0.225 e. The second kappa shape index (κ2) is 7.57. The predicted octanol–water partition coefficient (Wildman–Crippen LogP) is 4.36. The van der Waals surface area contributed by atoms with Gasteiger partial charge in [0.05, 0.1) is 5.56 Å². The van der Waals surface area contributed by atoms with E-state index in [4.69, 9.17) is 11.6 Å². The van der Waals surface area contributed by atoms with Gasteiger partial charge in [-0.1, -0.05) is 36.7 Å². The second-order valence-corrected chi connectivity index (χ2v) is 7.86. The van der Waals surface area contributed by atoms with Gasteiger partial charge in [-0.3, -0.25) is 4.79 Å². The maximum atomic E-state index is 12.5. The number of carbonyl (C=O) groups is 1. The summed E-state index contributed by atoms with van der Waals surface area (Å²) in [7, 11) is 0. The standard InChI is InChI=1S/C19H20ClN3OS/c1-11-4-3-5-13(18(11)20)12(2)8-17(24)23-19-15(9-21)14-6-7-22-10-16(14)25-19/h3-5,12,22H,6-8,10H2,1-2H3,(H,23,24). The van der Waals surface area contributed by atoms with E-state index in [0.29, 0.717) is 17.0 Å². The van der Waals surface area contributed by atoms with Crippen molar-refractivity contribution in [3.63, 3.8) is 0 Å². The van der Waals surface area contributed by atoms with E-state index in [1.807, 2.05) is 32.0 Å². The molecule has 1 atom stereocenters. The summed E-state index contributed by atoms with van der Waals surface area (Å²) in [6, 6.07) is 8.14. The van der Waals surface area contributed by atoms with Gasteiger partial charge in [0.2, 0.25) is 5.91 Å². The number of carbonyl (C=O) groups excluding carboxylic acids is 1. The van der Waals surface area contributed by atoms with Crippen LogP contribution in [0.15, 0.2) is 18.2 Å². The highest BCUT2D eigenvalue weighted by atomic mass is 35.5. The van der Waals surface area contributed by atoms with Crippen molar-refractivity contribution in [2.75, 3.05) is 11.9 Å². The molecule has 1 aliphatic heterocycles. The Morgan fingerprint density at radius 3 is 3.08 bits per heavy atom. The number of nitrogens with zero attached hydrogens (tertiary/aromatic N) is 1. The molecule has 4 nitrogen and oxygen atoms in total. The fourth-order valence-corrected chi connectivity index (χ4v) is 4.65. The van der Waals surface area contributed by atoms with Gasteiger partial charge in [-0.05, 0) is 42.5 Å². The average molecular weight is 374 g/mol. The van der Waals surface area contributed by atoms with Crippen LogP contribution in [0.2, 0.25) is 5.02 Å². The summed E-state index contributed by atoms with van der Waals surface area (Å²) in [4.78, 5) is 13.6. The van der Waals surface area contributed by atoms with Crippen LogP contribution in [0.5, 0.6) is 0 Å². The molecule has 0 bridgehead atoms. The van der Waals surface area contributed by atoms with Crippen LogP contribution in [0.4, 0.5) is 5.00 Å². The van der Waals surface area contributed by atoms with Gasteiger partial charge in [0, 0.05) is 22.9 Å². The Balaban J connectivity index is 1.74. The van der Waals surface area contributed by atoms with E-state index in [9.17, 15) is 10.1 Å². The maximum absolute atomic E-state index is 12.5. The zero-order chi connectivity index (χ0) is 18.0. The Kier molecular flexibility index (Phi) is 5.43. The van der Waals surface area contributed by atoms with E-state index >= 15 is 0 Å². The van der Waals surface area contributed by atoms with E-state index in [1.165, 1.54) is 11.3 Å². The fourth-order valence-electron chi connectivity index (χ4n) is 3.16. The molecule has 0 saturated heterocycles. The van der Waals surface area contributed by atoms with Crippen molar-refractivity contribution in [1.29, 1.82) is 5.26 Å². The van der Waals surface area contributed by atoms with Crippen LogP contribution in [0, 0.1) is 18.3 Å². The number of fused-ring (bicyclic) bond motifs is 1. The summed E-state index contributed by atoms with van der Waals surface area (Å²) < 4.78 is 0. The van der Waals surface area contributed by atoms with Crippen molar-refractivity contribution in [3.05, 3.63) is 50.4 Å². The molecule has 0 aliphatic carbocycles. The summed E-state index contributed by atoms with van der Waals surface area (Å²) in [5.41, 5.74) is 3.69. The van der Waals surface area contributed by atoms with E-state index < -0.39 is 0 Å². The molecule has 0 radical (unpaired) electrons. The van der Waals surface area contributed by atoms with Gasteiger partial charge in [-0.25, -0.2) is 0 Å². The van der Waals surface area contributed by atoms with Crippen LogP contribution in [0.25, 0.3) is 0 Å². The minimum atomic E-state index is -0.0897. The minimum Gasteiger partial charge on any atom is -0.317 e. The van der Waals surface area contributed by atoms with Crippen LogP contribution in [-0.4, -0.2) is 12.5 Å². The highest BCUT2D eigenvalue weighted by molar-refractivity contribution is 7.16. The van der Waals surface area contributed by atoms with Gasteiger partial charge in [-0.15, -0.1) is 11.3 Å². The highest BCUT2D eigenvalue weighted by Gasteiger charge is 2.22. The SMILES string of the molecule is Cc1cccc(C(C)CC(=O)Nc2sc3c(c2C#N)CCNC3)c1Cl. The third-order valence-electron chi connectivity index (χ3n) is 4.54. The number of nitrogens with one attached hydrogen (secondary N) is 2. The predicted molar refractivity (Wildman–Crippen MR) is 102 cm³/mol. The van der Waals surface area contributed by atoms with Crippen molar-refractivity contribution in [3.8, 4) is 6.07 Å². The molecule has 25 heavy (non-hydrogen) atoms. The first-order valence-corrected chi connectivity index (χ1v) is 9.51. The van der Waals surface area contributed by atoms with Gasteiger partial charge in [-0.2, -0.15) is 5.26 Å². The Hall–Kier alpha value is -1.87. The normalized spacial score (nSPS) is 14.5. The van der Waals surface area contributed by atoms with E-state index in [-0.39, 0.29) is 11.8 Å². The Morgan fingerprint density at radius 1 is 1.52 bits per heavy atom. The fraction of sp³-hybridized carbons (Fsp3) is 0.368. The number of anilines is 1. The molecule has 0 saturated carbocycles. The monoisotopic (exact) mass is 373 g/mol. The number of thiophene rings is 1. The Labute approximate surface area is 156 Å². The van der Waals surface area contributed by atoms with Crippen LogP contribution in [0.3, 0.4) is 0 Å². The summed E-state index contributed by atoms with van der Waals surface area (Å²) in [5.74, 6) is -0.0812. The van der Waals surface area contributed by atoms with E-state index in [0.717, 1.165) is 46.1 Å². The molecule has 1 amide bonds. The first-order valence-electron chi connectivity index (χ1n) is 8.31. The first-order chi connectivity index (χ1) is 12.0. The molecule has 1 aromatic heterocycles. The molecule has 6 heteroatoms. The number of rotatable bonds is 4. The molecular formula is C19H20ClN3OS. The Morgan fingerprint density at radius 2 is 2.32 bits per heavy atom. The highest BCUT2D eigenvalue weighted by Crippen LogP contribution is 2.35. The Bertz CT molecular complexity index is 853. The average Bonchev–Trinajstić information content (AvgIpc) is 2.93. The molecule has 1 unspecified atom stereocenters. The zero-order valence-corrected chi connectivity index (χ0v) is 15.9. The number of halogens is 1. The number of amides is 1. The van der Waals surface area contributed by atoms with Gasteiger partial charge < -0.3 is 10.6 Å². The van der Waals surface area contributed by atoms with Crippen molar-refractivity contribution >= 4 is 33.8 Å². The number of aryl methyl sites for hydroxylation is 1. The van der Waals surface area contributed by atoms with Gasteiger partial charge >= 0.3 is 0 Å². The van der Waals surface area contributed by atoms with Crippen molar-refractivity contribution in [2.24, 2.45) is 0 Å². The molecule has 2 aromatic rings. The topological polar surface area (TPSA) is 64.9 Å². The molecule has 130 valence electrons. The number of hydrogen-bond donors (Lipinski definition) is 2. The summed E-state index contributed by atoms with van der Waals surface area (Å²) in [6.07, 6.45) is 1.16. The lowest BCUT2D eigenvalue weighted by Crippen LogP contribution is -2.22. The van der Waals surface area contributed by atoms with Gasteiger partial charge in [0.25, 0.3) is 0 Å². The van der Waals surface area contributed by atoms with Crippen LogP contribution >= 0.6 is 22.9 Å². The van der Waals surface area contributed by atoms with Crippen molar-refractivity contribution < 1.29 is 4.79 Å². The molecule has 0 spiro atoms. The molecular weight excluding hydrogens is 354 g/mol. The number of benzene rings is 1. The second-order valence-electron chi connectivity index (χ2n) is 6.38. The molecule has 1 aliphatic rings. The summed E-state index contributed by atoms with van der Waals surface area (Å²) in [5, 5.41) is 17.1. The maximum Gasteiger partial charge on any atom is 0.225 e. The summed E-state index contributed by atoms with van der Waals surface area (Å²) >= 11 is 7.87. The minimum absolute atomic E-state index is 0.00851. The first kappa shape index (κ1) is 17.9. The quantitative estimate of drug-likeness (QED) is 0.836. The zero-order valence-electron chi connectivity index (χ0n) is 14.3. The lowest BCUT2D eigenvalue weighted by atomic mass is 9.96. The number of nitriles is 1. The van der Waals surface area contributed by atoms with Crippen molar-refractivity contribution in [2.45, 2.75) is 39.2 Å². The molecule has 3 rings (SSSR count). The molecule has 2 N–H and O–H groups in total. The van der Waals surface area contributed by atoms with E-state index in [2.05, 4.69) is 16.7 Å². The third kappa shape index (κ3) is 3.72. The lowest BCUT2D eigenvalue weighted by Gasteiger charge is -2.14. The number of hydrogen-bond acceptors (Lipinski definition) is 4. The molecule has 1 aromatic carbocycles. The van der Waals surface area contributed by atoms with Gasteiger partial charge in [0.15, 0.2) is 0 Å². The summed E-state index contributed by atoms with van der Waals surface area (Å²) in [6.45, 7) is 5.59. The third-order valence-corrected chi connectivity index (χ3v) is 6.20. The molecule has 2 heterocycles. The van der Waals surface area contributed by atoms with Gasteiger partial charge in [0.1, 0.15) is 11.1 Å². The van der Waals surface area contributed by atoms with Crippen LogP contribution in [0.1, 0.15) is 46.4 Å². The van der Waals surface area contributed by atoms with Crippen LogP contribution < -0.4 is 10.6 Å². The largest absolute Gasteiger partial charge is 0.317 e. The van der Waals surface area contributed by atoms with Crippen molar-refractivity contribution in [1.82, 2.24) is 5.32 Å². The van der Waals surface area contributed by atoms with Crippen LogP contribution in [-0.2, 0) is 17.8 Å². The molecule has 0 fully saturated rings.